The molecule has 0 spiro atoms. The molecule has 2 aromatic carbocycles. The Morgan fingerprint density at radius 1 is 0.811 bits per heavy atom. The van der Waals surface area contributed by atoms with Crippen LogP contribution >= 0.6 is 0 Å². The third kappa shape index (κ3) is 8.40. The van der Waals surface area contributed by atoms with Crippen molar-refractivity contribution >= 4 is 17.7 Å². The van der Waals surface area contributed by atoms with Gasteiger partial charge in [0, 0.05) is 23.2 Å². The van der Waals surface area contributed by atoms with E-state index in [-0.39, 0.29) is 11.1 Å². The molecular weight excluding hydrogens is 508 g/mol. The van der Waals surface area contributed by atoms with Gasteiger partial charge in [-0.2, -0.15) is 13.2 Å². The van der Waals surface area contributed by atoms with Crippen LogP contribution in [0.3, 0.4) is 0 Å². The summed E-state index contributed by atoms with van der Waals surface area (Å²) < 4.78 is 79.2. The van der Waals surface area contributed by atoms with E-state index in [0.29, 0.717) is 18.9 Å². The average molecular weight is 531 g/mol. The lowest BCUT2D eigenvalue weighted by molar-refractivity contribution is -0.274. The van der Waals surface area contributed by atoms with Gasteiger partial charge in [-0.1, -0.05) is 18.9 Å². The van der Waals surface area contributed by atoms with Crippen LogP contribution in [0.2, 0.25) is 0 Å². The number of alkyl halides is 6. The normalized spacial score (nSPS) is 18.0. The van der Waals surface area contributed by atoms with Crippen LogP contribution in [-0.4, -0.2) is 42.7 Å². The quantitative estimate of drug-likeness (QED) is 0.467. The van der Waals surface area contributed by atoms with E-state index in [1.54, 1.807) is 0 Å². The molecule has 1 saturated carbocycles. The first-order valence-corrected chi connectivity index (χ1v) is 11.2. The Balaban J connectivity index is 1.54. The molecule has 1 aliphatic carbocycles. The predicted molar refractivity (Wildman–Crippen MR) is 119 cm³/mol. The van der Waals surface area contributed by atoms with Gasteiger partial charge in [0.15, 0.2) is 0 Å². The average Bonchev–Trinajstić information content (AvgIpc) is 2.82. The van der Waals surface area contributed by atoms with E-state index < -0.39 is 60.2 Å². The molecule has 0 aromatic heterocycles. The topological polar surface area (TPSA) is 96.5 Å². The van der Waals surface area contributed by atoms with Crippen LogP contribution in [0.5, 0.6) is 5.75 Å². The monoisotopic (exact) mass is 531 g/mol. The first-order valence-electron chi connectivity index (χ1n) is 11.2. The van der Waals surface area contributed by atoms with Gasteiger partial charge in [0.05, 0.1) is 12.1 Å². The van der Waals surface area contributed by atoms with E-state index in [0.717, 1.165) is 37.1 Å². The van der Waals surface area contributed by atoms with Crippen LogP contribution < -0.4 is 20.7 Å². The van der Waals surface area contributed by atoms with Crippen LogP contribution in [0.1, 0.15) is 52.0 Å². The van der Waals surface area contributed by atoms with Crippen molar-refractivity contribution in [2.24, 2.45) is 0 Å². The SMILES string of the molecule is O=C(CNC(=O)c1cccc(C(F)(F)F)c1)N[C@H]1CCCC[C@H]1NC(=O)c1ccc(OC(F)(F)F)cc1. The van der Waals surface area contributed by atoms with Gasteiger partial charge in [-0.3, -0.25) is 14.4 Å². The van der Waals surface area contributed by atoms with Gasteiger partial charge in [0.1, 0.15) is 5.75 Å². The minimum atomic E-state index is -4.86. The van der Waals surface area contributed by atoms with Gasteiger partial charge in [-0.05, 0) is 55.3 Å². The summed E-state index contributed by atoms with van der Waals surface area (Å²) in [5.41, 5.74) is -1.15. The van der Waals surface area contributed by atoms with Gasteiger partial charge >= 0.3 is 12.5 Å². The zero-order chi connectivity index (χ0) is 27.2. The number of carbonyl (C=O) groups excluding carboxylic acids is 3. The minimum Gasteiger partial charge on any atom is -0.406 e. The standard InChI is InChI=1S/C24H23F6N3O4/c25-23(26,27)16-5-3-4-15(12-16)21(35)31-13-20(34)32-18-6-1-2-7-19(18)33-22(36)14-8-10-17(11-9-14)37-24(28,29)30/h3-5,8-12,18-19H,1-2,6-7,13H2,(H,31,35)(H,32,34)(H,33,36)/t18-,19+/m0/s1. The molecule has 3 N–H and O–H groups in total. The smallest absolute Gasteiger partial charge is 0.406 e. The molecule has 0 radical (unpaired) electrons. The fraction of sp³-hybridized carbons (Fsp3) is 0.375. The highest BCUT2D eigenvalue weighted by molar-refractivity contribution is 5.97. The van der Waals surface area contributed by atoms with Crippen LogP contribution in [0, 0.1) is 0 Å². The van der Waals surface area contributed by atoms with Crippen molar-refractivity contribution in [2.75, 3.05) is 6.54 Å². The molecule has 0 heterocycles. The molecule has 1 aliphatic rings. The Kier molecular flexibility index (Phi) is 8.66. The van der Waals surface area contributed by atoms with Crippen LogP contribution in [0.15, 0.2) is 48.5 Å². The molecule has 0 saturated heterocycles. The summed E-state index contributed by atoms with van der Waals surface area (Å²) in [5, 5.41) is 7.74. The van der Waals surface area contributed by atoms with Crippen molar-refractivity contribution in [1.82, 2.24) is 16.0 Å². The van der Waals surface area contributed by atoms with Crippen LogP contribution in [0.25, 0.3) is 0 Å². The Morgan fingerprint density at radius 2 is 1.43 bits per heavy atom. The van der Waals surface area contributed by atoms with Crippen molar-refractivity contribution in [3.8, 4) is 5.75 Å². The van der Waals surface area contributed by atoms with Gasteiger partial charge in [-0.25, -0.2) is 0 Å². The molecule has 2 atom stereocenters. The van der Waals surface area contributed by atoms with Gasteiger partial charge in [0.2, 0.25) is 5.91 Å². The van der Waals surface area contributed by atoms with Gasteiger partial charge in [0.25, 0.3) is 11.8 Å². The van der Waals surface area contributed by atoms with Crippen molar-refractivity contribution in [3.63, 3.8) is 0 Å². The molecule has 13 heteroatoms. The fourth-order valence-corrected chi connectivity index (χ4v) is 3.89. The number of hydrogen-bond donors (Lipinski definition) is 3. The molecule has 3 rings (SSSR count). The van der Waals surface area contributed by atoms with E-state index in [9.17, 15) is 40.7 Å². The van der Waals surface area contributed by atoms with E-state index in [2.05, 4.69) is 20.7 Å². The molecule has 0 unspecified atom stereocenters. The number of halogens is 6. The van der Waals surface area contributed by atoms with Crippen LogP contribution in [0.4, 0.5) is 26.3 Å². The van der Waals surface area contributed by atoms with E-state index >= 15 is 0 Å². The number of amides is 3. The van der Waals surface area contributed by atoms with Crippen molar-refractivity contribution in [3.05, 3.63) is 65.2 Å². The number of carbonyl (C=O) groups is 3. The molecule has 7 nitrogen and oxygen atoms in total. The van der Waals surface area contributed by atoms with E-state index in [1.807, 2.05) is 0 Å². The van der Waals surface area contributed by atoms with E-state index in [1.165, 1.54) is 18.2 Å². The maximum atomic E-state index is 12.8. The molecule has 0 bridgehead atoms. The highest BCUT2D eigenvalue weighted by Crippen LogP contribution is 2.29. The number of ether oxygens (including phenoxy) is 1. The lowest BCUT2D eigenvalue weighted by atomic mass is 9.90. The fourth-order valence-electron chi connectivity index (χ4n) is 3.89. The summed E-state index contributed by atoms with van der Waals surface area (Å²) >= 11 is 0. The largest absolute Gasteiger partial charge is 0.573 e. The van der Waals surface area contributed by atoms with Crippen LogP contribution in [-0.2, 0) is 11.0 Å². The second kappa shape index (κ2) is 11.5. The molecular formula is C24H23F6N3O4. The summed E-state index contributed by atoms with van der Waals surface area (Å²) in [6.45, 7) is -0.493. The number of hydrogen-bond acceptors (Lipinski definition) is 4. The molecule has 37 heavy (non-hydrogen) atoms. The number of rotatable bonds is 7. The zero-order valence-electron chi connectivity index (χ0n) is 19.2. The second-order valence-corrected chi connectivity index (χ2v) is 8.37. The first kappa shape index (κ1) is 27.8. The summed E-state index contributed by atoms with van der Waals surface area (Å²) in [6, 6.07) is 7.20. The Bertz CT molecular complexity index is 1120. The highest BCUT2D eigenvalue weighted by atomic mass is 19.4. The maximum absolute atomic E-state index is 12.8. The number of benzene rings is 2. The van der Waals surface area contributed by atoms with Gasteiger partial charge in [-0.15, -0.1) is 13.2 Å². The summed E-state index contributed by atoms with van der Waals surface area (Å²) in [6.07, 6.45) is -6.89. The minimum absolute atomic E-state index is 0.0959. The van der Waals surface area contributed by atoms with Gasteiger partial charge < -0.3 is 20.7 Å². The third-order valence-corrected chi connectivity index (χ3v) is 5.64. The third-order valence-electron chi connectivity index (χ3n) is 5.64. The second-order valence-electron chi connectivity index (χ2n) is 8.37. The Morgan fingerprint density at radius 3 is 2.03 bits per heavy atom. The maximum Gasteiger partial charge on any atom is 0.573 e. The molecule has 3 amide bonds. The molecule has 200 valence electrons. The lowest BCUT2D eigenvalue weighted by Crippen LogP contribution is -2.54. The van der Waals surface area contributed by atoms with Crippen molar-refractivity contribution in [2.45, 2.75) is 50.3 Å². The molecule has 0 aliphatic heterocycles. The zero-order valence-corrected chi connectivity index (χ0v) is 19.2. The van der Waals surface area contributed by atoms with Crippen molar-refractivity contribution < 1.29 is 45.5 Å². The van der Waals surface area contributed by atoms with E-state index in [4.69, 9.17) is 0 Å². The lowest BCUT2D eigenvalue weighted by Gasteiger charge is -2.33. The van der Waals surface area contributed by atoms with Crippen molar-refractivity contribution in [1.29, 1.82) is 0 Å². The molecule has 2 aromatic rings. The number of nitrogens with one attached hydrogen (secondary N) is 3. The molecule has 1 fully saturated rings. The Labute approximate surface area is 207 Å². The summed E-state index contributed by atoms with van der Waals surface area (Å²) in [4.78, 5) is 37.2. The Hall–Kier alpha value is -3.77. The summed E-state index contributed by atoms with van der Waals surface area (Å²) in [5.74, 6) is -2.48. The predicted octanol–water partition coefficient (Wildman–Crippen LogP) is 4.19. The highest BCUT2D eigenvalue weighted by Gasteiger charge is 2.32. The first-order chi connectivity index (χ1) is 17.3. The summed E-state index contributed by atoms with van der Waals surface area (Å²) in [7, 11) is 0.